The van der Waals surface area contributed by atoms with Crippen molar-refractivity contribution >= 4 is 11.9 Å². The normalized spacial score (nSPS) is 11.5. The number of carbonyl (C=O) groups excluding carboxylic acids is 2. The molecular formula is C17H19N3O6. The highest BCUT2D eigenvalue weighted by atomic mass is 16.5. The van der Waals surface area contributed by atoms with Gasteiger partial charge in [-0.05, 0) is 24.6 Å². The number of benzene rings is 1. The fourth-order valence-corrected chi connectivity index (χ4v) is 2.07. The first-order valence-electron chi connectivity index (χ1n) is 7.79. The van der Waals surface area contributed by atoms with E-state index in [0.717, 1.165) is 16.2 Å². The molecule has 2 N–H and O–H groups in total. The molecule has 1 heterocycles. The molecule has 1 atom stereocenters. The average Bonchev–Trinajstić information content (AvgIpc) is 2.62. The number of amides is 1. The van der Waals surface area contributed by atoms with Gasteiger partial charge in [0, 0.05) is 18.8 Å². The molecule has 0 aliphatic rings. The smallest absolute Gasteiger partial charge is 0.328 e. The fraction of sp³-hybridized carbons (Fsp3) is 0.294. The van der Waals surface area contributed by atoms with E-state index in [0.29, 0.717) is 5.75 Å². The van der Waals surface area contributed by atoms with Gasteiger partial charge in [0.15, 0.2) is 6.10 Å². The Kier molecular flexibility index (Phi) is 6.31. The Morgan fingerprint density at radius 1 is 1.19 bits per heavy atom. The van der Waals surface area contributed by atoms with E-state index in [2.05, 4.69) is 5.32 Å². The number of hydrogen-bond donors (Lipinski definition) is 2. The number of ether oxygens (including phenoxy) is 2. The van der Waals surface area contributed by atoms with Crippen LogP contribution >= 0.6 is 0 Å². The molecule has 1 amide bonds. The molecule has 138 valence electrons. The van der Waals surface area contributed by atoms with Crippen molar-refractivity contribution in [1.82, 2.24) is 14.9 Å². The Morgan fingerprint density at radius 3 is 2.50 bits per heavy atom. The summed E-state index contributed by atoms with van der Waals surface area (Å²) in [7, 11) is 1.56. The Morgan fingerprint density at radius 2 is 1.88 bits per heavy atom. The van der Waals surface area contributed by atoms with Gasteiger partial charge in [0.2, 0.25) is 0 Å². The van der Waals surface area contributed by atoms with E-state index in [1.54, 1.807) is 31.4 Å². The van der Waals surface area contributed by atoms with Crippen LogP contribution in [-0.2, 0) is 27.4 Å². The maximum atomic E-state index is 12.0. The van der Waals surface area contributed by atoms with E-state index < -0.39 is 35.8 Å². The maximum absolute atomic E-state index is 12.0. The number of nitrogens with one attached hydrogen (secondary N) is 2. The van der Waals surface area contributed by atoms with Crippen LogP contribution in [0.3, 0.4) is 0 Å². The van der Waals surface area contributed by atoms with Crippen LogP contribution in [0.1, 0.15) is 12.5 Å². The van der Waals surface area contributed by atoms with E-state index in [1.807, 2.05) is 4.98 Å². The van der Waals surface area contributed by atoms with Crippen molar-refractivity contribution in [2.45, 2.75) is 26.1 Å². The zero-order valence-electron chi connectivity index (χ0n) is 14.4. The lowest BCUT2D eigenvalue weighted by atomic mass is 10.2. The summed E-state index contributed by atoms with van der Waals surface area (Å²) in [5, 5.41) is 2.65. The van der Waals surface area contributed by atoms with Crippen molar-refractivity contribution < 1.29 is 19.1 Å². The largest absolute Gasteiger partial charge is 0.497 e. The quantitative estimate of drug-likeness (QED) is 0.659. The molecule has 0 unspecified atom stereocenters. The number of H-pyrrole nitrogens is 1. The summed E-state index contributed by atoms with van der Waals surface area (Å²) >= 11 is 0. The highest BCUT2D eigenvalue weighted by Gasteiger charge is 2.18. The van der Waals surface area contributed by atoms with Gasteiger partial charge in [-0.3, -0.25) is 23.9 Å². The standard InChI is InChI=1S/C17H19N3O6/c1-11(16(23)18-9-12-3-5-13(25-2)6-4-12)26-15(22)10-20-8-7-14(21)19-17(20)24/h3-8,11H,9-10H2,1-2H3,(H,18,23)(H,19,21,24)/t11-/m0/s1. The molecule has 0 radical (unpaired) electrons. The molecule has 0 saturated carbocycles. The summed E-state index contributed by atoms with van der Waals surface area (Å²) in [5.74, 6) is -0.533. The Labute approximate surface area is 148 Å². The van der Waals surface area contributed by atoms with Gasteiger partial charge in [-0.2, -0.15) is 0 Å². The molecule has 0 spiro atoms. The van der Waals surface area contributed by atoms with Gasteiger partial charge in [0.1, 0.15) is 12.3 Å². The minimum atomic E-state index is -1.03. The van der Waals surface area contributed by atoms with Crippen molar-refractivity contribution in [3.8, 4) is 5.75 Å². The second kappa shape index (κ2) is 8.65. The Bertz CT molecular complexity index is 884. The molecule has 0 aliphatic heterocycles. The van der Waals surface area contributed by atoms with Crippen molar-refractivity contribution in [3.05, 3.63) is 62.9 Å². The molecular weight excluding hydrogens is 342 g/mol. The summed E-state index contributed by atoms with van der Waals surface area (Å²) in [6.07, 6.45) is 0.149. The molecule has 9 heteroatoms. The van der Waals surface area contributed by atoms with Gasteiger partial charge in [0.05, 0.1) is 7.11 Å². The third-order valence-corrected chi connectivity index (χ3v) is 3.50. The second-order valence-electron chi connectivity index (χ2n) is 5.44. The molecule has 0 saturated heterocycles. The predicted molar refractivity (Wildman–Crippen MR) is 91.7 cm³/mol. The Balaban J connectivity index is 1.84. The minimum absolute atomic E-state index is 0.268. The summed E-state index contributed by atoms with van der Waals surface area (Å²) < 4.78 is 11.0. The molecule has 26 heavy (non-hydrogen) atoms. The fourth-order valence-electron chi connectivity index (χ4n) is 2.07. The van der Waals surface area contributed by atoms with Crippen molar-refractivity contribution in [2.24, 2.45) is 0 Å². The third kappa shape index (κ3) is 5.33. The van der Waals surface area contributed by atoms with E-state index in [4.69, 9.17) is 9.47 Å². The van der Waals surface area contributed by atoms with Gasteiger partial charge < -0.3 is 14.8 Å². The number of hydrogen-bond acceptors (Lipinski definition) is 6. The van der Waals surface area contributed by atoms with Crippen LogP contribution in [0, 0.1) is 0 Å². The number of esters is 1. The van der Waals surface area contributed by atoms with Gasteiger partial charge in [-0.15, -0.1) is 0 Å². The molecule has 2 aromatic rings. The first kappa shape index (κ1) is 19.0. The van der Waals surface area contributed by atoms with Crippen molar-refractivity contribution in [1.29, 1.82) is 0 Å². The highest BCUT2D eigenvalue weighted by Crippen LogP contribution is 2.11. The van der Waals surface area contributed by atoms with Gasteiger partial charge >= 0.3 is 11.7 Å². The summed E-state index contributed by atoms with van der Waals surface area (Å²) in [6, 6.07) is 8.26. The first-order valence-corrected chi connectivity index (χ1v) is 7.79. The van der Waals surface area contributed by atoms with Crippen molar-refractivity contribution in [2.75, 3.05) is 7.11 Å². The topological polar surface area (TPSA) is 119 Å². The van der Waals surface area contributed by atoms with Crippen LogP contribution in [0.4, 0.5) is 0 Å². The molecule has 0 aliphatic carbocycles. The van der Waals surface area contributed by atoms with E-state index in [9.17, 15) is 19.2 Å². The third-order valence-electron chi connectivity index (χ3n) is 3.50. The van der Waals surface area contributed by atoms with Crippen LogP contribution in [0.25, 0.3) is 0 Å². The number of nitrogens with zero attached hydrogens (tertiary/aromatic N) is 1. The number of aromatic amines is 1. The molecule has 0 bridgehead atoms. The lowest BCUT2D eigenvalue weighted by molar-refractivity contribution is -0.155. The zero-order chi connectivity index (χ0) is 19.1. The number of methoxy groups -OCH3 is 1. The van der Waals surface area contributed by atoms with Crippen LogP contribution < -0.4 is 21.3 Å². The molecule has 1 aromatic heterocycles. The summed E-state index contributed by atoms with van der Waals surface area (Å²) in [6.45, 7) is 1.28. The second-order valence-corrected chi connectivity index (χ2v) is 5.44. The van der Waals surface area contributed by atoms with Crippen LogP contribution in [0.15, 0.2) is 46.1 Å². The lowest BCUT2D eigenvalue weighted by Crippen LogP contribution is -2.37. The number of carbonyl (C=O) groups is 2. The number of rotatable bonds is 7. The highest BCUT2D eigenvalue weighted by molar-refractivity contribution is 5.83. The first-order chi connectivity index (χ1) is 12.4. The van der Waals surface area contributed by atoms with E-state index in [1.165, 1.54) is 13.1 Å². The van der Waals surface area contributed by atoms with Crippen LogP contribution in [0.5, 0.6) is 5.75 Å². The van der Waals surface area contributed by atoms with Crippen LogP contribution in [-0.4, -0.2) is 34.6 Å². The van der Waals surface area contributed by atoms with Crippen LogP contribution in [0.2, 0.25) is 0 Å². The zero-order valence-corrected chi connectivity index (χ0v) is 14.4. The molecule has 1 aromatic carbocycles. The monoisotopic (exact) mass is 361 g/mol. The summed E-state index contributed by atoms with van der Waals surface area (Å²) in [5.41, 5.74) is -0.436. The molecule has 2 rings (SSSR count). The SMILES string of the molecule is COc1ccc(CNC(=O)[C@H](C)OC(=O)Cn2ccc(=O)[nH]c2=O)cc1. The maximum Gasteiger partial charge on any atom is 0.328 e. The minimum Gasteiger partial charge on any atom is -0.497 e. The van der Waals surface area contributed by atoms with E-state index >= 15 is 0 Å². The lowest BCUT2D eigenvalue weighted by Gasteiger charge is -2.14. The van der Waals surface area contributed by atoms with Crippen molar-refractivity contribution in [3.63, 3.8) is 0 Å². The predicted octanol–water partition coefficient (Wildman–Crippen LogP) is -0.207. The van der Waals surface area contributed by atoms with Gasteiger partial charge in [-0.25, -0.2) is 4.79 Å². The average molecular weight is 361 g/mol. The summed E-state index contributed by atoms with van der Waals surface area (Å²) in [4.78, 5) is 48.4. The van der Waals surface area contributed by atoms with Gasteiger partial charge in [0.25, 0.3) is 11.5 Å². The van der Waals surface area contributed by atoms with Gasteiger partial charge in [-0.1, -0.05) is 12.1 Å². The molecule has 9 nitrogen and oxygen atoms in total. The Hall–Kier alpha value is -3.36. The number of aromatic nitrogens is 2. The molecule has 0 fully saturated rings. The van der Waals surface area contributed by atoms with E-state index in [-0.39, 0.29) is 6.54 Å².